The van der Waals surface area contributed by atoms with Gasteiger partial charge in [0, 0.05) is 19.0 Å². The molecule has 3 nitrogen and oxygen atoms in total. The monoisotopic (exact) mass is 291 g/mol. The molecular weight excluding hydrogens is 272 g/mol. The number of rotatable bonds is 4. The number of hydrogen-bond acceptors (Lipinski definition) is 3. The normalized spacial score (nSPS) is 10.8. The molecule has 0 spiro atoms. The Balaban J connectivity index is 2.74. The second-order valence-corrected chi connectivity index (χ2v) is 5.02. The molecule has 1 N–H and O–H groups in total. The number of benzene rings is 1. The highest BCUT2D eigenvalue weighted by Gasteiger charge is 2.20. The summed E-state index contributed by atoms with van der Waals surface area (Å²) in [6, 6.07) is 2.70. The molecule has 0 amide bonds. The molecule has 5 heteroatoms. The van der Waals surface area contributed by atoms with Crippen molar-refractivity contribution in [2.75, 3.05) is 12.4 Å². The van der Waals surface area contributed by atoms with Gasteiger partial charge in [-0.25, -0.2) is 18.7 Å². The van der Waals surface area contributed by atoms with Crippen molar-refractivity contribution in [2.24, 2.45) is 0 Å². The van der Waals surface area contributed by atoms with Crippen molar-refractivity contribution in [3.8, 4) is 11.3 Å². The Morgan fingerprint density at radius 2 is 1.86 bits per heavy atom. The number of aromatic nitrogens is 2. The summed E-state index contributed by atoms with van der Waals surface area (Å²) in [5, 5.41) is 2.96. The van der Waals surface area contributed by atoms with Gasteiger partial charge in [0.15, 0.2) is 0 Å². The van der Waals surface area contributed by atoms with Gasteiger partial charge < -0.3 is 5.32 Å². The van der Waals surface area contributed by atoms with E-state index in [-0.39, 0.29) is 5.56 Å². The molecule has 0 atom stereocenters. The lowest BCUT2D eigenvalue weighted by molar-refractivity contribution is 0.582. The summed E-state index contributed by atoms with van der Waals surface area (Å²) in [5.41, 5.74) is 1.27. The smallest absolute Gasteiger partial charge is 0.138 e. The van der Waals surface area contributed by atoms with Gasteiger partial charge in [0.1, 0.15) is 23.3 Å². The Labute approximate surface area is 123 Å². The zero-order valence-corrected chi connectivity index (χ0v) is 12.7. The Morgan fingerprint density at radius 1 is 1.14 bits per heavy atom. The van der Waals surface area contributed by atoms with Crippen LogP contribution in [0.15, 0.2) is 12.1 Å². The molecule has 1 aromatic carbocycles. The predicted molar refractivity (Wildman–Crippen MR) is 80.4 cm³/mol. The van der Waals surface area contributed by atoms with Gasteiger partial charge in [-0.15, -0.1) is 0 Å². The fraction of sp³-hybridized carbons (Fsp3) is 0.375. The van der Waals surface area contributed by atoms with Gasteiger partial charge in [0.25, 0.3) is 0 Å². The summed E-state index contributed by atoms with van der Waals surface area (Å²) in [7, 11) is 1.73. The summed E-state index contributed by atoms with van der Waals surface area (Å²) in [4.78, 5) is 8.75. The van der Waals surface area contributed by atoms with E-state index in [4.69, 9.17) is 0 Å². The number of nitrogens with zero attached hydrogens (tertiary/aromatic N) is 2. The van der Waals surface area contributed by atoms with Crippen LogP contribution in [0.1, 0.15) is 30.3 Å². The molecule has 21 heavy (non-hydrogen) atoms. The zero-order valence-electron chi connectivity index (χ0n) is 12.7. The maximum atomic E-state index is 14.4. The summed E-state index contributed by atoms with van der Waals surface area (Å²) in [6.45, 7) is 5.38. The summed E-state index contributed by atoms with van der Waals surface area (Å²) in [5.74, 6) is 0.0113. The Hall–Kier alpha value is -2.04. The van der Waals surface area contributed by atoms with E-state index in [1.807, 2.05) is 6.92 Å². The lowest BCUT2D eigenvalue weighted by Crippen LogP contribution is -2.07. The number of halogens is 2. The minimum absolute atomic E-state index is 0.0799. The molecule has 0 bridgehead atoms. The van der Waals surface area contributed by atoms with Crippen molar-refractivity contribution >= 4 is 5.82 Å². The quantitative estimate of drug-likeness (QED) is 0.924. The molecule has 2 aromatic rings. The Kier molecular flexibility index (Phi) is 4.50. The third-order valence-corrected chi connectivity index (χ3v) is 3.42. The second-order valence-electron chi connectivity index (χ2n) is 5.02. The second kappa shape index (κ2) is 6.16. The van der Waals surface area contributed by atoms with Gasteiger partial charge in [-0.3, -0.25) is 0 Å². The molecule has 112 valence electrons. The van der Waals surface area contributed by atoms with E-state index in [0.717, 1.165) is 6.42 Å². The lowest BCUT2D eigenvalue weighted by atomic mass is 10.0. The average Bonchev–Trinajstić information content (AvgIpc) is 2.46. The van der Waals surface area contributed by atoms with Crippen molar-refractivity contribution in [3.05, 3.63) is 40.7 Å². The van der Waals surface area contributed by atoms with Gasteiger partial charge in [-0.2, -0.15) is 0 Å². The van der Waals surface area contributed by atoms with Gasteiger partial charge in [-0.05, 0) is 31.9 Å². The first kappa shape index (κ1) is 15.4. The standard InChI is InChI=1S/C16H19F2N3/c1-5-6-12-20-15(10(3)16(19-4)21-12)13-11(17)8-7-9(2)14(13)18/h7-8H,5-6H2,1-4H3,(H,19,20,21). The van der Waals surface area contributed by atoms with Crippen LogP contribution in [0, 0.1) is 25.5 Å². The average molecular weight is 291 g/mol. The fourth-order valence-electron chi connectivity index (χ4n) is 2.26. The molecule has 0 saturated carbocycles. The molecule has 0 saturated heterocycles. The molecular formula is C16H19F2N3. The van der Waals surface area contributed by atoms with Crippen LogP contribution in [0.3, 0.4) is 0 Å². The fourth-order valence-corrected chi connectivity index (χ4v) is 2.26. The predicted octanol–water partition coefficient (Wildman–Crippen LogP) is 4.03. The van der Waals surface area contributed by atoms with Gasteiger partial charge in [0.05, 0.1) is 11.3 Å². The topological polar surface area (TPSA) is 37.8 Å². The maximum absolute atomic E-state index is 14.4. The Bertz CT molecular complexity index is 669. The van der Waals surface area contributed by atoms with Crippen LogP contribution in [-0.4, -0.2) is 17.0 Å². The molecule has 2 rings (SSSR count). The Morgan fingerprint density at radius 3 is 2.48 bits per heavy atom. The van der Waals surface area contributed by atoms with Crippen molar-refractivity contribution in [3.63, 3.8) is 0 Å². The number of anilines is 1. The lowest BCUT2D eigenvalue weighted by Gasteiger charge is -2.14. The highest BCUT2D eigenvalue weighted by atomic mass is 19.1. The van der Waals surface area contributed by atoms with E-state index in [1.54, 1.807) is 20.9 Å². The van der Waals surface area contributed by atoms with Crippen LogP contribution in [0.5, 0.6) is 0 Å². The van der Waals surface area contributed by atoms with Crippen molar-refractivity contribution in [1.29, 1.82) is 0 Å². The summed E-state index contributed by atoms with van der Waals surface area (Å²) in [6.07, 6.45) is 1.53. The van der Waals surface area contributed by atoms with Crippen molar-refractivity contribution in [1.82, 2.24) is 9.97 Å². The first-order chi connectivity index (χ1) is 9.99. The molecule has 1 heterocycles. The third-order valence-electron chi connectivity index (χ3n) is 3.42. The van der Waals surface area contributed by atoms with E-state index in [1.165, 1.54) is 12.1 Å². The van der Waals surface area contributed by atoms with Crippen LogP contribution >= 0.6 is 0 Å². The molecule has 0 aliphatic heterocycles. The molecule has 1 aromatic heterocycles. The van der Waals surface area contributed by atoms with Crippen molar-refractivity contribution in [2.45, 2.75) is 33.6 Å². The van der Waals surface area contributed by atoms with Crippen LogP contribution in [0.2, 0.25) is 0 Å². The van der Waals surface area contributed by atoms with E-state index < -0.39 is 11.6 Å². The van der Waals surface area contributed by atoms with Crippen molar-refractivity contribution < 1.29 is 8.78 Å². The highest BCUT2D eigenvalue weighted by Crippen LogP contribution is 2.31. The molecule has 0 aliphatic rings. The largest absolute Gasteiger partial charge is 0.373 e. The molecule has 0 radical (unpaired) electrons. The van der Waals surface area contributed by atoms with Gasteiger partial charge in [-0.1, -0.05) is 13.0 Å². The number of hydrogen-bond donors (Lipinski definition) is 1. The molecule has 0 unspecified atom stereocenters. The van der Waals surface area contributed by atoms with E-state index in [2.05, 4.69) is 15.3 Å². The third kappa shape index (κ3) is 2.86. The van der Waals surface area contributed by atoms with Crippen LogP contribution < -0.4 is 5.32 Å². The number of aryl methyl sites for hydroxylation is 2. The summed E-state index contributed by atoms with van der Waals surface area (Å²) < 4.78 is 28.5. The SMILES string of the molecule is CCCc1nc(NC)c(C)c(-c2c(F)ccc(C)c2F)n1. The summed E-state index contributed by atoms with van der Waals surface area (Å²) >= 11 is 0. The zero-order chi connectivity index (χ0) is 15.6. The van der Waals surface area contributed by atoms with E-state index in [0.29, 0.717) is 34.9 Å². The highest BCUT2D eigenvalue weighted by molar-refractivity contribution is 5.69. The minimum atomic E-state index is -0.607. The number of nitrogens with one attached hydrogen (secondary N) is 1. The molecule has 0 aliphatic carbocycles. The van der Waals surface area contributed by atoms with Crippen LogP contribution in [0.25, 0.3) is 11.3 Å². The van der Waals surface area contributed by atoms with Gasteiger partial charge in [0.2, 0.25) is 0 Å². The van der Waals surface area contributed by atoms with Crippen LogP contribution in [-0.2, 0) is 6.42 Å². The van der Waals surface area contributed by atoms with E-state index >= 15 is 0 Å². The van der Waals surface area contributed by atoms with Gasteiger partial charge >= 0.3 is 0 Å². The minimum Gasteiger partial charge on any atom is -0.373 e. The first-order valence-electron chi connectivity index (χ1n) is 6.99. The van der Waals surface area contributed by atoms with E-state index in [9.17, 15) is 8.78 Å². The molecule has 0 fully saturated rings. The first-order valence-corrected chi connectivity index (χ1v) is 6.99. The van der Waals surface area contributed by atoms with Crippen LogP contribution in [0.4, 0.5) is 14.6 Å². The maximum Gasteiger partial charge on any atom is 0.138 e.